The number of rotatable bonds is 9. The van der Waals surface area contributed by atoms with Crippen LogP contribution in [0.5, 0.6) is 0 Å². The molecule has 0 fully saturated rings. The molecule has 0 saturated carbocycles. The summed E-state index contributed by atoms with van der Waals surface area (Å²) < 4.78 is 26.6. The van der Waals surface area contributed by atoms with Crippen LogP contribution in [0.15, 0.2) is 29.2 Å². The van der Waals surface area contributed by atoms with Crippen LogP contribution in [0.4, 0.5) is 0 Å². The van der Waals surface area contributed by atoms with Gasteiger partial charge in [-0.3, -0.25) is 4.79 Å². The largest absolute Gasteiger partial charge is 0.481 e. The topological polar surface area (TPSA) is 83.5 Å². The number of nitrogens with one attached hydrogen (secondary N) is 1. The van der Waals surface area contributed by atoms with Crippen LogP contribution in [0.3, 0.4) is 0 Å². The fourth-order valence-corrected chi connectivity index (χ4v) is 3.00. The molecule has 0 atom stereocenters. The summed E-state index contributed by atoms with van der Waals surface area (Å²) in [6, 6.07) is 5.94. The molecular formula is C15H23NO4S. The first-order chi connectivity index (χ1) is 9.81. The van der Waals surface area contributed by atoms with Gasteiger partial charge in [0, 0.05) is 6.54 Å². The number of carbonyl (C=O) groups is 1. The minimum Gasteiger partial charge on any atom is -0.481 e. The van der Waals surface area contributed by atoms with Crippen LogP contribution in [-0.4, -0.2) is 26.0 Å². The summed E-state index contributed by atoms with van der Waals surface area (Å²) in [5.41, 5.74) is 0.582. The van der Waals surface area contributed by atoms with E-state index < -0.39 is 16.0 Å². The second kappa shape index (κ2) is 8.14. The number of hydrogen-bond donors (Lipinski definition) is 2. The Morgan fingerprint density at radius 3 is 2.33 bits per heavy atom. The molecule has 1 rings (SSSR count). The molecule has 2 N–H and O–H groups in total. The SMILES string of the molecule is CC(C)CCCCNS(=O)(=O)c1ccc(CC(=O)O)cc1. The molecular weight excluding hydrogens is 290 g/mol. The molecule has 1 aromatic carbocycles. The van der Waals surface area contributed by atoms with Gasteiger partial charge in [-0.25, -0.2) is 13.1 Å². The molecule has 1 aromatic rings. The number of carboxylic acids is 1. The summed E-state index contributed by atoms with van der Waals surface area (Å²) >= 11 is 0. The van der Waals surface area contributed by atoms with E-state index in [1.165, 1.54) is 24.3 Å². The number of hydrogen-bond acceptors (Lipinski definition) is 3. The molecule has 0 radical (unpaired) electrons. The Morgan fingerprint density at radius 1 is 1.19 bits per heavy atom. The van der Waals surface area contributed by atoms with Crippen LogP contribution in [0, 0.1) is 5.92 Å². The molecule has 0 aromatic heterocycles. The lowest BCUT2D eigenvalue weighted by molar-refractivity contribution is -0.136. The number of carboxylic acid groups (broad SMARTS) is 1. The van der Waals surface area contributed by atoms with Gasteiger partial charge in [-0.15, -0.1) is 0 Å². The summed E-state index contributed by atoms with van der Waals surface area (Å²) in [6.45, 7) is 4.71. The van der Waals surface area contributed by atoms with Crippen LogP contribution < -0.4 is 4.72 Å². The number of sulfonamides is 1. The Kier molecular flexibility index (Phi) is 6.84. The van der Waals surface area contributed by atoms with Gasteiger partial charge < -0.3 is 5.11 Å². The highest BCUT2D eigenvalue weighted by Crippen LogP contribution is 2.11. The summed E-state index contributed by atoms with van der Waals surface area (Å²) in [4.78, 5) is 10.7. The van der Waals surface area contributed by atoms with Crippen molar-refractivity contribution in [3.63, 3.8) is 0 Å². The highest BCUT2D eigenvalue weighted by atomic mass is 32.2. The van der Waals surface area contributed by atoms with E-state index in [2.05, 4.69) is 18.6 Å². The minimum atomic E-state index is -3.50. The zero-order chi connectivity index (χ0) is 15.9. The van der Waals surface area contributed by atoms with E-state index in [4.69, 9.17) is 5.11 Å². The van der Waals surface area contributed by atoms with Crippen molar-refractivity contribution in [2.24, 2.45) is 5.92 Å². The van der Waals surface area contributed by atoms with Crippen molar-refractivity contribution in [3.05, 3.63) is 29.8 Å². The first-order valence-corrected chi connectivity index (χ1v) is 8.60. The smallest absolute Gasteiger partial charge is 0.307 e. The standard InChI is InChI=1S/C15H23NO4S/c1-12(2)5-3-4-10-16-21(19,20)14-8-6-13(7-9-14)11-15(17)18/h6-9,12,16H,3-5,10-11H2,1-2H3,(H,17,18). The minimum absolute atomic E-state index is 0.108. The fraction of sp³-hybridized carbons (Fsp3) is 0.533. The highest BCUT2D eigenvalue weighted by molar-refractivity contribution is 7.89. The van der Waals surface area contributed by atoms with E-state index in [0.717, 1.165) is 19.3 Å². The molecule has 0 amide bonds. The van der Waals surface area contributed by atoms with Crippen molar-refractivity contribution in [3.8, 4) is 0 Å². The van der Waals surface area contributed by atoms with Crippen LogP contribution >= 0.6 is 0 Å². The van der Waals surface area contributed by atoms with Gasteiger partial charge in [-0.05, 0) is 30.0 Å². The van der Waals surface area contributed by atoms with Gasteiger partial charge in [-0.2, -0.15) is 0 Å². The molecule has 0 aliphatic rings. The Bertz CT molecular complexity index is 550. The molecule has 21 heavy (non-hydrogen) atoms. The molecule has 0 bridgehead atoms. The number of unbranched alkanes of at least 4 members (excludes halogenated alkanes) is 1. The molecule has 5 nitrogen and oxygen atoms in total. The van der Waals surface area contributed by atoms with Gasteiger partial charge in [0.1, 0.15) is 0 Å². The van der Waals surface area contributed by atoms with Gasteiger partial charge in [-0.1, -0.05) is 38.8 Å². The third-order valence-corrected chi connectivity index (χ3v) is 4.57. The second-order valence-corrected chi connectivity index (χ2v) is 7.27. The summed E-state index contributed by atoms with van der Waals surface area (Å²) in [7, 11) is -3.50. The van der Waals surface area contributed by atoms with E-state index >= 15 is 0 Å². The lowest BCUT2D eigenvalue weighted by Crippen LogP contribution is -2.24. The average molecular weight is 313 g/mol. The van der Waals surface area contributed by atoms with Gasteiger partial charge >= 0.3 is 5.97 Å². The van der Waals surface area contributed by atoms with E-state index in [0.29, 0.717) is 18.0 Å². The van der Waals surface area contributed by atoms with Gasteiger partial charge in [0.2, 0.25) is 10.0 Å². The van der Waals surface area contributed by atoms with Gasteiger partial charge in [0.05, 0.1) is 11.3 Å². The quantitative estimate of drug-likeness (QED) is 0.686. The Morgan fingerprint density at radius 2 is 1.81 bits per heavy atom. The average Bonchev–Trinajstić information content (AvgIpc) is 2.37. The van der Waals surface area contributed by atoms with Crippen LogP contribution in [-0.2, 0) is 21.2 Å². The van der Waals surface area contributed by atoms with E-state index in [1.807, 2.05) is 0 Å². The lowest BCUT2D eigenvalue weighted by Gasteiger charge is -2.08. The second-order valence-electron chi connectivity index (χ2n) is 5.50. The Labute approximate surface area is 126 Å². The van der Waals surface area contributed by atoms with Crippen molar-refractivity contribution < 1.29 is 18.3 Å². The van der Waals surface area contributed by atoms with Crippen molar-refractivity contribution >= 4 is 16.0 Å². The van der Waals surface area contributed by atoms with Crippen LogP contribution in [0.25, 0.3) is 0 Å². The third-order valence-electron chi connectivity index (χ3n) is 3.09. The molecule has 0 unspecified atom stereocenters. The predicted molar refractivity (Wildman–Crippen MR) is 81.7 cm³/mol. The molecule has 0 saturated heterocycles. The molecule has 0 heterocycles. The first kappa shape index (κ1) is 17.7. The van der Waals surface area contributed by atoms with Crippen molar-refractivity contribution in [1.82, 2.24) is 4.72 Å². The summed E-state index contributed by atoms with van der Waals surface area (Å²) in [5.74, 6) is -0.308. The number of benzene rings is 1. The van der Waals surface area contributed by atoms with Crippen molar-refractivity contribution in [1.29, 1.82) is 0 Å². The maximum absolute atomic E-state index is 12.0. The number of aliphatic carboxylic acids is 1. The molecule has 0 aliphatic heterocycles. The van der Waals surface area contributed by atoms with E-state index in [1.54, 1.807) is 0 Å². The van der Waals surface area contributed by atoms with Gasteiger partial charge in [0.15, 0.2) is 0 Å². The zero-order valence-electron chi connectivity index (χ0n) is 12.5. The first-order valence-electron chi connectivity index (χ1n) is 7.11. The van der Waals surface area contributed by atoms with E-state index in [9.17, 15) is 13.2 Å². The molecule has 118 valence electrons. The maximum atomic E-state index is 12.0. The lowest BCUT2D eigenvalue weighted by atomic mass is 10.1. The summed E-state index contributed by atoms with van der Waals surface area (Å²) in [5, 5.41) is 8.67. The summed E-state index contributed by atoms with van der Waals surface area (Å²) in [6.07, 6.45) is 2.79. The monoisotopic (exact) mass is 313 g/mol. The van der Waals surface area contributed by atoms with Crippen LogP contribution in [0.1, 0.15) is 38.7 Å². The normalized spacial score (nSPS) is 11.8. The molecule has 0 aliphatic carbocycles. The van der Waals surface area contributed by atoms with Crippen molar-refractivity contribution in [2.75, 3.05) is 6.54 Å². The fourth-order valence-electron chi connectivity index (χ4n) is 1.93. The molecule has 6 heteroatoms. The third kappa shape index (κ3) is 6.73. The Hall–Kier alpha value is -1.40. The van der Waals surface area contributed by atoms with Crippen molar-refractivity contribution in [2.45, 2.75) is 44.4 Å². The van der Waals surface area contributed by atoms with E-state index in [-0.39, 0.29) is 11.3 Å². The molecule has 0 spiro atoms. The van der Waals surface area contributed by atoms with Crippen LogP contribution in [0.2, 0.25) is 0 Å². The maximum Gasteiger partial charge on any atom is 0.307 e. The predicted octanol–water partition coefficient (Wildman–Crippen LogP) is 2.42. The highest BCUT2D eigenvalue weighted by Gasteiger charge is 2.13. The Balaban J connectivity index is 2.52. The van der Waals surface area contributed by atoms with Gasteiger partial charge in [0.25, 0.3) is 0 Å². The zero-order valence-corrected chi connectivity index (χ0v) is 13.3.